The van der Waals surface area contributed by atoms with Gasteiger partial charge in [-0.2, -0.15) is 13.2 Å². The zero-order valence-corrected chi connectivity index (χ0v) is 10.4. The Bertz CT molecular complexity index is 509. The van der Waals surface area contributed by atoms with Gasteiger partial charge in [-0.25, -0.2) is 4.98 Å². The summed E-state index contributed by atoms with van der Waals surface area (Å²) in [5.74, 6) is -0.668. The average molecular weight is 295 g/mol. The van der Waals surface area contributed by atoms with Crippen molar-refractivity contribution in [2.45, 2.75) is 18.2 Å². The molecule has 8 heteroatoms. The van der Waals surface area contributed by atoms with E-state index in [1.54, 1.807) is 0 Å². The molecule has 0 aliphatic carbocycles. The second kappa shape index (κ2) is 4.64. The van der Waals surface area contributed by atoms with Crippen LogP contribution in [-0.2, 0) is 0 Å². The quantitative estimate of drug-likeness (QED) is 0.805. The number of carbonyl (C=O) groups excluding carboxylic acids is 1. The highest BCUT2D eigenvalue weighted by Gasteiger charge is 2.57. The smallest absolute Gasteiger partial charge is 0.379 e. The molecule has 0 saturated carbocycles. The number of amides is 1. The zero-order valence-electron chi connectivity index (χ0n) is 9.62. The first-order valence-electron chi connectivity index (χ1n) is 5.43. The number of β-amino-alcohol motifs (C(OH)–C–C–N with tert-alkyl or cyclic N) is 1. The molecule has 0 radical (unpaired) electrons. The number of hydrogen-bond acceptors (Lipinski definition) is 3. The van der Waals surface area contributed by atoms with Crippen molar-refractivity contribution in [3.8, 4) is 0 Å². The predicted octanol–water partition coefficient (Wildman–Crippen LogP) is 1.87. The molecule has 4 nitrogen and oxygen atoms in total. The van der Waals surface area contributed by atoms with Gasteiger partial charge in [0, 0.05) is 19.2 Å². The third-order valence-corrected chi connectivity index (χ3v) is 3.35. The summed E-state index contributed by atoms with van der Waals surface area (Å²) >= 11 is 5.72. The van der Waals surface area contributed by atoms with Crippen LogP contribution in [0.5, 0.6) is 0 Å². The van der Waals surface area contributed by atoms with Gasteiger partial charge in [0.25, 0.3) is 5.91 Å². The first-order chi connectivity index (χ1) is 8.74. The summed E-state index contributed by atoms with van der Waals surface area (Å²) in [6, 6.07) is 2.84. The zero-order chi connectivity index (χ0) is 14.3. The number of aliphatic hydroxyl groups is 1. The van der Waals surface area contributed by atoms with E-state index in [4.69, 9.17) is 11.6 Å². The van der Waals surface area contributed by atoms with Crippen LogP contribution in [0.15, 0.2) is 18.3 Å². The highest BCUT2D eigenvalue weighted by Crippen LogP contribution is 2.38. The molecule has 1 unspecified atom stereocenters. The standard InChI is InChI=1S/C11H10ClF3N2O2/c12-8-7(2-1-4-16-8)9(18)17-5-3-10(19,6-17)11(13,14)15/h1-2,4,19H,3,5-6H2. The molecule has 1 amide bonds. The monoisotopic (exact) mass is 294 g/mol. The summed E-state index contributed by atoms with van der Waals surface area (Å²) in [5, 5.41) is 9.42. The molecule has 0 aromatic carbocycles. The number of rotatable bonds is 1. The largest absolute Gasteiger partial charge is 0.419 e. The third-order valence-electron chi connectivity index (χ3n) is 3.05. The molecule has 19 heavy (non-hydrogen) atoms. The Morgan fingerprint density at radius 3 is 2.74 bits per heavy atom. The van der Waals surface area contributed by atoms with Crippen molar-refractivity contribution in [1.82, 2.24) is 9.88 Å². The molecule has 1 N–H and O–H groups in total. The Kier molecular flexibility index (Phi) is 3.44. The molecule has 1 saturated heterocycles. The van der Waals surface area contributed by atoms with Crippen molar-refractivity contribution in [3.63, 3.8) is 0 Å². The summed E-state index contributed by atoms with van der Waals surface area (Å²) in [7, 11) is 0. The highest BCUT2D eigenvalue weighted by atomic mass is 35.5. The van der Waals surface area contributed by atoms with Crippen LogP contribution in [-0.4, -0.2) is 45.8 Å². The predicted molar refractivity (Wildman–Crippen MR) is 60.8 cm³/mol. The van der Waals surface area contributed by atoms with E-state index in [9.17, 15) is 23.1 Å². The second-order valence-corrected chi connectivity index (χ2v) is 4.71. The fraction of sp³-hybridized carbons (Fsp3) is 0.455. The van der Waals surface area contributed by atoms with E-state index in [0.29, 0.717) is 0 Å². The van der Waals surface area contributed by atoms with Gasteiger partial charge in [-0.3, -0.25) is 4.79 Å². The lowest BCUT2D eigenvalue weighted by molar-refractivity contribution is -0.253. The van der Waals surface area contributed by atoms with Gasteiger partial charge in [0.2, 0.25) is 0 Å². The number of pyridine rings is 1. The average Bonchev–Trinajstić information content (AvgIpc) is 2.72. The van der Waals surface area contributed by atoms with E-state index >= 15 is 0 Å². The molecule has 104 valence electrons. The maximum atomic E-state index is 12.6. The molecule has 1 aliphatic rings. The van der Waals surface area contributed by atoms with Gasteiger partial charge < -0.3 is 10.0 Å². The van der Waals surface area contributed by atoms with E-state index in [1.807, 2.05) is 0 Å². The lowest BCUT2D eigenvalue weighted by atomic mass is 10.0. The Labute approximate surface area is 111 Å². The van der Waals surface area contributed by atoms with Crippen molar-refractivity contribution in [3.05, 3.63) is 29.0 Å². The molecule has 0 spiro atoms. The van der Waals surface area contributed by atoms with E-state index in [-0.39, 0.29) is 17.3 Å². The number of nitrogens with zero attached hydrogens (tertiary/aromatic N) is 2. The van der Waals surface area contributed by atoms with E-state index < -0.39 is 30.7 Å². The van der Waals surface area contributed by atoms with Crippen LogP contribution < -0.4 is 0 Å². The normalized spacial score (nSPS) is 23.7. The summed E-state index contributed by atoms with van der Waals surface area (Å²) in [4.78, 5) is 16.6. The third kappa shape index (κ3) is 2.52. The topological polar surface area (TPSA) is 53.4 Å². The van der Waals surface area contributed by atoms with Crippen molar-refractivity contribution in [1.29, 1.82) is 0 Å². The van der Waals surface area contributed by atoms with E-state index in [1.165, 1.54) is 18.3 Å². The summed E-state index contributed by atoms with van der Waals surface area (Å²) in [6.07, 6.45) is -3.93. The summed E-state index contributed by atoms with van der Waals surface area (Å²) in [6.45, 7) is -0.972. The SMILES string of the molecule is O=C(c1cccnc1Cl)N1CCC(O)(C(F)(F)F)C1. The van der Waals surface area contributed by atoms with Crippen molar-refractivity contribution < 1.29 is 23.1 Å². The Hall–Kier alpha value is -1.34. The number of hydrogen-bond donors (Lipinski definition) is 1. The van der Waals surface area contributed by atoms with Crippen LogP contribution in [0.3, 0.4) is 0 Å². The minimum absolute atomic E-state index is 0.0237. The number of alkyl halides is 3. The number of likely N-dealkylation sites (tertiary alicyclic amines) is 1. The van der Waals surface area contributed by atoms with Crippen LogP contribution in [0.4, 0.5) is 13.2 Å². The molecule has 2 rings (SSSR count). The molecule has 0 bridgehead atoms. The molecule has 1 aromatic rings. The lowest BCUT2D eigenvalue weighted by Crippen LogP contribution is -2.48. The van der Waals surface area contributed by atoms with E-state index in [0.717, 1.165) is 4.90 Å². The fourth-order valence-electron chi connectivity index (χ4n) is 1.91. The molecule has 2 heterocycles. The summed E-state index contributed by atoms with van der Waals surface area (Å²) < 4.78 is 37.9. The lowest BCUT2D eigenvalue weighted by Gasteiger charge is -2.25. The first-order valence-corrected chi connectivity index (χ1v) is 5.81. The molecule has 1 aliphatic heterocycles. The second-order valence-electron chi connectivity index (χ2n) is 4.35. The number of carbonyl (C=O) groups is 1. The minimum atomic E-state index is -4.76. The Morgan fingerprint density at radius 2 is 2.21 bits per heavy atom. The van der Waals surface area contributed by atoms with Gasteiger partial charge in [-0.1, -0.05) is 11.6 Å². The minimum Gasteiger partial charge on any atom is -0.379 e. The first kappa shape index (κ1) is 14.1. The Morgan fingerprint density at radius 1 is 1.53 bits per heavy atom. The Balaban J connectivity index is 2.18. The fourth-order valence-corrected chi connectivity index (χ4v) is 2.11. The van der Waals surface area contributed by atoms with Crippen molar-refractivity contribution in [2.24, 2.45) is 0 Å². The number of aromatic nitrogens is 1. The van der Waals surface area contributed by atoms with Crippen LogP contribution in [0, 0.1) is 0 Å². The van der Waals surface area contributed by atoms with Crippen LogP contribution in [0.1, 0.15) is 16.8 Å². The molecular formula is C11H10ClF3N2O2. The van der Waals surface area contributed by atoms with Gasteiger partial charge in [0.1, 0.15) is 5.15 Å². The van der Waals surface area contributed by atoms with E-state index in [2.05, 4.69) is 4.98 Å². The van der Waals surface area contributed by atoms with Gasteiger partial charge in [0.05, 0.1) is 12.1 Å². The van der Waals surface area contributed by atoms with Crippen molar-refractivity contribution in [2.75, 3.05) is 13.1 Å². The summed E-state index contributed by atoms with van der Waals surface area (Å²) in [5.41, 5.74) is -2.83. The molecule has 1 fully saturated rings. The van der Waals surface area contributed by atoms with Gasteiger partial charge >= 0.3 is 6.18 Å². The maximum absolute atomic E-state index is 12.6. The van der Waals surface area contributed by atoms with Crippen molar-refractivity contribution >= 4 is 17.5 Å². The maximum Gasteiger partial charge on any atom is 0.419 e. The van der Waals surface area contributed by atoms with Gasteiger partial charge in [0.15, 0.2) is 5.60 Å². The molecule has 1 atom stereocenters. The van der Waals surface area contributed by atoms with Gasteiger partial charge in [-0.15, -0.1) is 0 Å². The number of halogens is 4. The van der Waals surface area contributed by atoms with Crippen LogP contribution >= 0.6 is 11.6 Å². The highest BCUT2D eigenvalue weighted by molar-refractivity contribution is 6.32. The van der Waals surface area contributed by atoms with Crippen LogP contribution in [0.2, 0.25) is 5.15 Å². The molecular weight excluding hydrogens is 285 g/mol. The molecule has 1 aromatic heterocycles. The van der Waals surface area contributed by atoms with Crippen LogP contribution in [0.25, 0.3) is 0 Å². The van der Waals surface area contributed by atoms with Gasteiger partial charge in [-0.05, 0) is 12.1 Å².